The van der Waals surface area contributed by atoms with Crippen molar-refractivity contribution in [2.75, 3.05) is 0 Å². The minimum absolute atomic E-state index is 0. The molecule has 1 heterocycles. The first-order chi connectivity index (χ1) is 7.79. The summed E-state index contributed by atoms with van der Waals surface area (Å²) in [6.07, 6.45) is 3.50. The van der Waals surface area contributed by atoms with Crippen molar-refractivity contribution in [1.29, 1.82) is 0 Å². The van der Waals surface area contributed by atoms with E-state index >= 15 is 0 Å². The van der Waals surface area contributed by atoms with E-state index in [-0.39, 0.29) is 28.2 Å². The monoisotopic (exact) mass is 302 g/mol. The summed E-state index contributed by atoms with van der Waals surface area (Å²) < 4.78 is 34.1. The average molecular weight is 303 g/mol. The van der Waals surface area contributed by atoms with Crippen LogP contribution in [0.2, 0.25) is 0 Å². The Bertz CT molecular complexity index is 471. The maximum Gasteiger partial charge on any atom is 2.00 e. The zero-order valence-electron chi connectivity index (χ0n) is 9.11. The Balaban J connectivity index is 0. The number of nitrogens with zero attached hydrogens (tertiary/aromatic N) is 1. The van der Waals surface area contributed by atoms with E-state index in [4.69, 9.17) is 23.3 Å². The van der Waals surface area contributed by atoms with Gasteiger partial charge in [0.2, 0.25) is 11.3 Å². The van der Waals surface area contributed by atoms with Gasteiger partial charge in [0.05, 0.1) is 0 Å². The van der Waals surface area contributed by atoms with E-state index in [2.05, 4.69) is 27.7 Å². The third kappa shape index (κ3) is 17.7. The molecule has 1 rings (SSSR count). The van der Waals surface area contributed by atoms with Gasteiger partial charge in [-0.3, -0.25) is 19.3 Å². The van der Waals surface area contributed by atoms with Crippen molar-refractivity contribution < 1.29 is 27.6 Å². The van der Waals surface area contributed by atoms with Crippen molar-refractivity contribution in [1.82, 2.24) is 0 Å². The Hall–Kier alpha value is -0.694. The van der Waals surface area contributed by atoms with Crippen molar-refractivity contribution >= 4 is 57.0 Å². The Labute approximate surface area is 125 Å². The topological polar surface area (TPSA) is 148 Å². The van der Waals surface area contributed by atoms with Crippen LogP contribution in [0.1, 0.15) is 5.69 Å². The van der Waals surface area contributed by atoms with Crippen molar-refractivity contribution in [3.8, 4) is 0 Å². The molecule has 4 N–H and O–H groups in total. The Morgan fingerprint density at radius 2 is 2.06 bits per heavy atom. The van der Waals surface area contributed by atoms with Gasteiger partial charge in [0.1, 0.15) is 0 Å². The van der Waals surface area contributed by atoms with Crippen LogP contribution in [0.25, 0.3) is 5.43 Å². The summed E-state index contributed by atoms with van der Waals surface area (Å²) in [6, 6.07) is 5.71. The van der Waals surface area contributed by atoms with Gasteiger partial charge >= 0.3 is 23.1 Å². The maximum atomic E-state index is 8.52. The summed E-state index contributed by atoms with van der Waals surface area (Å²) in [4.78, 5) is 2.99. The fourth-order valence-electron chi connectivity index (χ4n) is 0.665. The first kappa shape index (κ1) is 19.6. The van der Waals surface area contributed by atoms with Crippen LogP contribution in [0.5, 0.6) is 0 Å². The number of aromatic nitrogens is 1. The third-order valence-electron chi connectivity index (χ3n) is 1.13. The molecule has 0 atom stereocenters. The second-order valence-corrected chi connectivity index (χ2v) is 3.74. The molecule has 11 heteroatoms. The quantitative estimate of drug-likeness (QED) is 0.0832. The van der Waals surface area contributed by atoms with E-state index in [1.807, 2.05) is 24.4 Å². The molecule has 0 unspecified atom stereocenters. The van der Waals surface area contributed by atoms with Crippen LogP contribution in [0.3, 0.4) is 0 Å². The number of thiol groups is 1. The standard InChI is InChI=1S/C7H8N4S.Mg.H2O4S/c8-7(12)11-10-5-6-3-1-2-4-9-6;;1-5(2,3)4/h1-5,10H,(H2-,8,9,11,12);;(H2,1,2,3,4)/q;+2;. The summed E-state index contributed by atoms with van der Waals surface area (Å²) in [5, 5.41) is 2.83. The fraction of sp³-hybridized carbons (Fsp3) is 0. The normalized spacial score (nSPS) is 9.94. The Morgan fingerprint density at radius 1 is 1.50 bits per heavy atom. The third-order valence-corrected chi connectivity index (χ3v) is 1.23. The molecular formula is C7H10MgN4O4S2+2. The van der Waals surface area contributed by atoms with E-state index in [9.17, 15) is 0 Å². The molecule has 0 aliphatic carbocycles. The van der Waals surface area contributed by atoms with Gasteiger partial charge in [0, 0.05) is 22.5 Å². The molecule has 0 spiro atoms. The smallest absolute Gasteiger partial charge is 0.759 e. The largest absolute Gasteiger partial charge is 2.00 e. The van der Waals surface area contributed by atoms with E-state index in [1.54, 1.807) is 6.21 Å². The van der Waals surface area contributed by atoms with Crippen molar-refractivity contribution in [3.63, 3.8) is 0 Å². The molecule has 0 saturated carbocycles. The number of hydrogen-bond acceptors (Lipinski definition) is 4. The van der Waals surface area contributed by atoms with Gasteiger partial charge < -0.3 is 14.5 Å². The predicted octanol–water partition coefficient (Wildman–Crippen LogP) is -4.10. The first-order valence-corrected chi connectivity index (χ1v) is 5.81. The molecule has 0 aliphatic heterocycles. The SMILES string of the molecule is NC(=[SH+])[N-][NH+]=Cc1cccc[nH+]1.O=S(=O)([O-])[O-].[Mg+2]. The van der Waals surface area contributed by atoms with Crippen LogP contribution in [-0.4, -0.2) is 51.9 Å². The van der Waals surface area contributed by atoms with E-state index in [0.29, 0.717) is 0 Å². The fourth-order valence-corrected chi connectivity index (χ4v) is 0.723. The van der Waals surface area contributed by atoms with Crippen molar-refractivity contribution in [3.05, 3.63) is 35.5 Å². The summed E-state index contributed by atoms with van der Waals surface area (Å²) in [6.45, 7) is 0. The van der Waals surface area contributed by atoms with E-state index in [1.165, 1.54) is 0 Å². The van der Waals surface area contributed by atoms with Crippen molar-refractivity contribution in [2.24, 2.45) is 5.73 Å². The van der Waals surface area contributed by atoms with Gasteiger partial charge in [0.25, 0.3) is 5.69 Å². The molecule has 0 fully saturated rings. The minimum Gasteiger partial charge on any atom is -0.759 e. The van der Waals surface area contributed by atoms with Crippen LogP contribution in [0, 0.1) is 0 Å². The van der Waals surface area contributed by atoms with Crippen LogP contribution in [0.15, 0.2) is 24.4 Å². The van der Waals surface area contributed by atoms with Gasteiger partial charge in [-0.1, -0.05) is 0 Å². The summed E-state index contributed by atoms with van der Waals surface area (Å²) in [5.41, 5.74) is 9.74. The van der Waals surface area contributed by atoms with Crippen LogP contribution < -0.4 is 15.8 Å². The molecule has 0 amide bonds. The molecule has 8 nitrogen and oxygen atoms in total. The maximum absolute atomic E-state index is 8.52. The van der Waals surface area contributed by atoms with E-state index < -0.39 is 10.4 Å². The molecule has 1 aromatic heterocycles. The van der Waals surface area contributed by atoms with Gasteiger partial charge in [-0.05, 0) is 6.07 Å². The van der Waals surface area contributed by atoms with Gasteiger partial charge in [-0.15, -0.1) is 0 Å². The van der Waals surface area contributed by atoms with Crippen LogP contribution >= 0.6 is 0 Å². The molecular weight excluding hydrogens is 293 g/mol. The van der Waals surface area contributed by atoms with Gasteiger partial charge in [-0.25, -0.2) is 4.98 Å². The molecule has 0 aromatic carbocycles. The first-order valence-electron chi connectivity index (χ1n) is 4.03. The number of rotatable bonds is 2. The molecule has 0 bridgehead atoms. The zero-order chi connectivity index (χ0) is 13.3. The molecule has 18 heavy (non-hydrogen) atoms. The summed E-state index contributed by atoms with van der Waals surface area (Å²) in [7, 11) is -5.17. The minimum atomic E-state index is -5.17. The number of nitrogens with one attached hydrogen (secondary N) is 2. The Morgan fingerprint density at radius 3 is 2.44 bits per heavy atom. The van der Waals surface area contributed by atoms with Gasteiger partial charge in [-0.2, -0.15) is 0 Å². The van der Waals surface area contributed by atoms with Crippen LogP contribution in [-0.2, 0) is 22.6 Å². The Kier molecular flexibility index (Phi) is 11.2. The second kappa shape index (κ2) is 10.2. The zero-order valence-corrected chi connectivity index (χ0v) is 12.2. The van der Waals surface area contributed by atoms with Crippen molar-refractivity contribution in [2.45, 2.75) is 0 Å². The second-order valence-electron chi connectivity index (χ2n) is 2.47. The number of hydrogen-bond donors (Lipinski definition) is 2. The summed E-state index contributed by atoms with van der Waals surface area (Å²) in [5.74, 6) is 0. The number of H-pyrrole nitrogens is 1. The number of pyridine rings is 1. The average Bonchev–Trinajstić information content (AvgIpc) is 2.16. The van der Waals surface area contributed by atoms with Gasteiger partial charge in [0.15, 0.2) is 18.4 Å². The summed E-state index contributed by atoms with van der Waals surface area (Å²) >= 11 is 3.78. The number of nitrogens with two attached hydrogens (primary N) is 1. The van der Waals surface area contributed by atoms with E-state index in [0.717, 1.165) is 5.69 Å². The molecule has 0 aliphatic rings. The molecule has 0 radical (unpaired) electrons. The molecule has 0 saturated heterocycles. The van der Waals surface area contributed by atoms with Crippen LogP contribution in [0.4, 0.5) is 0 Å². The molecule has 1 aromatic rings. The predicted molar refractivity (Wildman–Crippen MR) is 66.7 cm³/mol. The number of aromatic amines is 1. The molecule has 94 valence electrons.